The summed E-state index contributed by atoms with van der Waals surface area (Å²) in [5.74, 6) is 0.254. The second-order valence-corrected chi connectivity index (χ2v) is 21.8. The first-order valence-corrected chi connectivity index (χ1v) is 24.8. The van der Waals surface area contributed by atoms with Crippen molar-refractivity contribution < 1.29 is 104 Å². The average molecular weight is 981 g/mol. The van der Waals surface area contributed by atoms with Crippen LogP contribution in [0.15, 0.2) is 0 Å². The summed E-state index contributed by atoms with van der Waals surface area (Å²) in [4.78, 5) is 0. The summed E-state index contributed by atoms with van der Waals surface area (Å²) in [7, 11) is 3.10. The Kier molecular flexibility index (Phi) is 16.1. The van der Waals surface area contributed by atoms with Gasteiger partial charge in [0.15, 0.2) is 25.2 Å². The molecule has 0 aromatic heterocycles. The molecule has 0 spiro atoms. The highest BCUT2D eigenvalue weighted by Crippen LogP contribution is 2.70. The van der Waals surface area contributed by atoms with Crippen molar-refractivity contribution in [1.29, 1.82) is 0 Å². The molecule has 21 nitrogen and oxygen atoms in total. The first-order valence-electron chi connectivity index (χ1n) is 24.8. The van der Waals surface area contributed by atoms with Crippen LogP contribution < -0.4 is 0 Å². The van der Waals surface area contributed by atoms with Gasteiger partial charge >= 0.3 is 0 Å². The van der Waals surface area contributed by atoms with Crippen molar-refractivity contribution in [3.63, 3.8) is 0 Å². The third-order valence-electron chi connectivity index (χ3n) is 18.5. The minimum Gasteiger partial charge on any atom is -0.394 e. The molecule has 0 aromatic carbocycles. The molecule has 394 valence electrons. The Bertz CT molecular complexity index is 1680. The van der Waals surface area contributed by atoms with Crippen molar-refractivity contribution in [3.8, 4) is 0 Å². The fourth-order valence-electron chi connectivity index (χ4n) is 14.3. The van der Waals surface area contributed by atoms with Gasteiger partial charge in [0.2, 0.25) is 0 Å². The van der Waals surface area contributed by atoms with E-state index in [0.717, 1.165) is 32.1 Å². The van der Waals surface area contributed by atoms with Crippen LogP contribution in [0.25, 0.3) is 0 Å². The zero-order valence-electron chi connectivity index (χ0n) is 40.3. The van der Waals surface area contributed by atoms with Crippen LogP contribution >= 0.6 is 0 Å². The van der Waals surface area contributed by atoms with E-state index in [1.54, 1.807) is 27.9 Å². The molecule has 4 aliphatic heterocycles. The van der Waals surface area contributed by atoms with Crippen molar-refractivity contribution in [1.82, 2.24) is 0 Å². The Morgan fingerprint density at radius 1 is 0.588 bits per heavy atom. The maximum Gasteiger partial charge on any atom is 0.187 e. The lowest BCUT2D eigenvalue weighted by Gasteiger charge is -2.66. The fourth-order valence-corrected chi connectivity index (χ4v) is 14.3. The molecule has 8 aliphatic rings. The van der Waals surface area contributed by atoms with E-state index in [-0.39, 0.29) is 36.2 Å². The number of ether oxygens (including phenoxy) is 10. The first-order chi connectivity index (χ1) is 32.1. The molecule has 21 heteroatoms. The average Bonchev–Trinajstić information content (AvgIpc) is 3.54. The normalized spacial score (nSPS) is 55.8. The van der Waals surface area contributed by atoms with Crippen LogP contribution in [0, 0.1) is 28.6 Å². The summed E-state index contributed by atoms with van der Waals surface area (Å²) < 4.78 is 61.0. The molecule has 4 heterocycles. The van der Waals surface area contributed by atoms with E-state index in [2.05, 4.69) is 6.92 Å². The zero-order chi connectivity index (χ0) is 49.4. The van der Waals surface area contributed by atoms with E-state index < -0.39 is 153 Å². The molecular weight excluding hydrogens is 900 g/mol. The van der Waals surface area contributed by atoms with Gasteiger partial charge in [-0.25, -0.2) is 0 Å². The lowest BCUT2D eigenvalue weighted by Crippen LogP contribution is -2.72. The van der Waals surface area contributed by atoms with E-state index in [4.69, 9.17) is 47.4 Å². The summed E-state index contributed by atoms with van der Waals surface area (Å²) in [5, 5.41) is 120. The van der Waals surface area contributed by atoms with Gasteiger partial charge in [0.1, 0.15) is 66.6 Å². The van der Waals surface area contributed by atoms with Crippen LogP contribution in [0.3, 0.4) is 0 Å². The number of rotatable bonds is 13. The topological polar surface area (TPSA) is 315 Å². The van der Waals surface area contributed by atoms with Crippen LogP contribution in [0.2, 0.25) is 0 Å². The lowest BCUT2D eigenvalue weighted by molar-refractivity contribution is -0.375. The second-order valence-electron chi connectivity index (χ2n) is 21.8. The van der Waals surface area contributed by atoms with Gasteiger partial charge in [-0.2, -0.15) is 0 Å². The van der Waals surface area contributed by atoms with Crippen LogP contribution in [-0.4, -0.2) is 224 Å². The number of aliphatic hydroxyl groups is 11. The number of methoxy groups -OCH3 is 2. The summed E-state index contributed by atoms with van der Waals surface area (Å²) in [6.45, 7) is 7.80. The first kappa shape index (κ1) is 53.5. The van der Waals surface area contributed by atoms with Gasteiger partial charge in [0, 0.05) is 27.1 Å². The summed E-state index contributed by atoms with van der Waals surface area (Å²) in [5.41, 5.74) is -4.25. The van der Waals surface area contributed by atoms with Crippen LogP contribution in [-0.2, 0) is 47.4 Å². The molecule has 0 radical (unpaired) electrons. The lowest BCUT2D eigenvalue weighted by atomic mass is 9.42. The molecule has 0 bridgehead atoms. The Balaban J connectivity index is 0.840. The Labute approximate surface area is 397 Å². The third-order valence-corrected chi connectivity index (χ3v) is 18.5. The third kappa shape index (κ3) is 8.95. The molecular formula is C47H80O21. The quantitative estimate of drug-likeness (QED) is 0.0918. The predicted octanol–water partition coefficient (Wildman–Crippen LogP) is -1.69. The van der Waals surface area contributed by atoms with Gasteiger partial charge in [-0.05, 0) is 95.3 Å². The standard InChI is InChI=1S/C47H80O21/c1-20-39(66-33-17-28(60-7)40(21(2)62-33)67-43-38(56)36(54)41(30(19-49)65-43)68-42-37(55)35(53)34(52)29(18-48)64-42)27(59-6)16-32(61-20)63-24-10-11-44(4)23(14-24)8-9-25-26(44)15-31(51)45(5)46(57,22(3)50)12-13-47(25,45)58/h20-43,48-58H,8-19H2,1-7H3/t20-,21-,22?,23?,24+,25-,26+,27+,28-,29-,30-,31-,32+,33+,34-,35+,36-,37-,38-,39-,40-,41-,42+,43+,44+,45-,46-,47+/m1/s1. The molecule has 11 N–H and O–H groups in total. The molecule has 4 saturated heterocycles. The molecule has 8 rings (SSSR count). The van der Waals surface area contributed by atoms with Crippen molar-refractivity contribution in [2.45, 2.75) is 239 Å². The van der Waals surface area contributed by atoms with Crippen molar-refractivity contribution in [2.75, 3.05) is 27.4 Å². The van der Waals surface area contributed by atoms with E-state index in [9.17, 15) is 56.2 Å². The minimum atomic E-state index is -1.80. The monoisotopic (exact) mass is 981 g/mol. The van der Waals surface area contributed by atoms with Gasteiger partial charge in [0.25, 0.3) is 0 Å². The smallest absolute Gasteiger partial charge is 0.187 e. The number of hydrogen-bond acceptors (Lipinski definition) is 21. The molecule has 4 aliphatic carbocycles. The second kappa shape index (κ2) is 20.5. The van der Waals surface area contributed by atoms with Gasteiger partial charge in [-0.3, -0.25) is 0 Å². The number of aliphatic hydroxyl groups excluding tert-OH is 9. The molecule has 8 fully saturated rings. The molecule has 2 unspecified atom stereocenters. The van der Waals surface area contributed by atoms with Crippen molar-refractivity contribution in [2.24, 2.45) is 28.6 Å². The highest BCUT2D eigenvalue weighted by Gasteiger charge is 2.76. The Morgan fingerprint density at radius 3 is 1.74 bits per heavy atom. The van der Waals surface area contributed by atoms with Crippen LogP contribution in [0.4, 0.5) is 0 Å². The summed E-state index contributed by atoms with van der Waals surface area (Å²) in [6.07, 6.45) is -17.5. The van der Waals surface area contributed by atoms with Crippen molar-refractivity contribution >= 4 is 0 Å². The largest absolute Gasteiger partial charge is 0.394 e. The van der Waals surface area contributed by atoms with Crippen LogP contribution in [0.5, 0.6) is 0 Å². The molecule has 68 heavy (non-hydrogen) atoms. The maximum atomic E-state index is 12.4. The summed E-state index contributed by atoms with van der Waals surface area (Å²) >= 11 is 0. The minimum absolute atomic E-state index is 0.0556. The Hall–Kier alpha value is -0.840. The highest BCUT2D eigenvalue weighted by molar-refractivity contribution is 5.25. The molecule has 4 saturated carbocycles. The van der Waals surface area contributed by atoms with Gasteiger partial charge < -0.3 is 104 Å². The predicted molar refractivity (Wildman–Crippen MR) is 232 cm³/mol. The van der Waals surface area contributed by atoms with Gasteiger partial charge in [-0.1, -0.05) is 13.8 Å². The van der Waals surface area contributed by atoms with Gasteiger partial charge in [-0.15, -0.1) is 0 Å². The van der Waals surface area contributed by atoms with E-state index in [1.807, 2.05) is 6.92 Å². The van der Waals surface area contributed by atoms with E-state index in [0.29, 0.717) is 25.2 Å². The summed E-state index contributed by atoms with van der Waals surface area (Å²) in [6, 6.07) is 0. The van der Waals surface area contributed by atoms with Crippen LogP contribution in [0.1, 0.15) is 98.8 Å². The van der Waals surface area contributed by atoms with Crippen molar-refractivity contribution in [3.05, 3.63) is 0 Å². The molecule has 0 amide bonds. The fraction of sp³-hybridized carbons (Fsp3) is 1.00. The zero-order valence-corrected chi connectivity index (χ0v) is 40.3. The number of fused-ring (bicyclic) bond motifs is 5. The number of hydrogen-bond donors (Lipinski definition) is 11. The van der Waals surface area contributed by atoms with E-state index in [1.165, 1.54) is 7.11 Å². The SMILES string of the molecule is CO[C@H]1C[C@H](O[C@H]2CC[C@@]3(C)C(CC[C@@H]4[C@@H]3C[C@@H](O)[C@]3(C)[C@](O)(C(C)O)CC[C@]43O)C2)O[C@H](C)[C@H]1O[C@H]1C[C@@H](OC)[C@H](O[C@@H]2O[C@H](CO)[C@@H](O[C@@H]3O[C@H](CO)[C@@H](O)[C@H](O)[C@H]3O)[C@H](O)[C@H]2O)[C@@H](C)O1. The maximum absolute atomic E-state index is 12.4. The molecule has 0 aromatic rings. The van der Waals surface area contributed by atoms with Gasteiger partial charge in [0.05, 0.1) is 67.0 Å². The molecule has 28 atom stereocenters. The Morgan fingerprint density at radius 2 is 1.15 bits per heavy atom. The van der Waals surface area contributed by atoms with E-state index >= 15 is 0 Å². The highest BCUT2D eigenvalue weighted by atomic mass is 16.8.